The molecule has 2 atom stereocenters. The minimum absolute atomic E-state index is 0.000190. The number of rotatable bonds is 4. The number of nitrogens with zero attached hydrogens (tertiary/aromatic N) is 3. The smallest absolute Gasteiger partial charge is 0.426 e. The summed E-state index contributed by atoms with van der Waals surface area (Å²) >= 11 is 6.11. The maximum absolute atomic E-state index is 14.0. The topological polar surface area (TPSA) is 101 Å². The van der Waals surface area contributed by atoms with Gasteiger partial charge in [-0.3, -0.25) is 4.79 Å². The zero-order valence-corrected chi connectivity index (χ0v) is 16.3. The molecule has 2 saturated heterocycles. The highest BCUT2D eigenvalue weighted by atomic mass is 35.5. The summed E-state index contributed by atoms with van der Waals surface area (Å²) < 4.78 is 54.8. The van der Waals surface area contributed by atoms with Crippen molar-refractivity contribution in [1.29, 1.82) is 0 Å². The highest BCUT2D eigenvalue weighted by Crippen LogP contribution is 2.26. The standard InChI is InChI=1S/C15H19BClF2N3O5S/c17-22-7-6-20(28(26,27)13-4-3-10(18)8-11(13)19)9-12(22)15(23)21-5-1-2-14(21)16(24)25/h3-4,8,12,14,24-25H,1-2,5-7,9H2/t12-,14-/m0/s1. The molecule has 0 bridgehead atoms. The fourth-order valence-electron chi connectivity index (χ4n) is 3.54. The van der Waals surface area contributed by atoms with Gasteiger partial charge >= 0.3 is 7.12 Å². The van der Waals surface area contributed by atoms with E-state index < -0.39 is 51.6 Å². The molecule has 2 aliphatic heterocycles. The van der Waals surface area contributed by atoms with Crippen molar-refractivity contribution < 1.29 is 32.0 Å². The van der Waals surface area contributed by atoms with Crippen LogP contribution in [0.25, 0.3) is 0 Å². The molecule has 3 rings (SSSR count). The molecule has 0 aliphatic carbocycles. The summed E-state index contributed by atoms with van der Waals surface area (Å²) in [6.07, 6.45) is 0.979. The average molecular weight is 438 g/mol. The third-order valence-corrected chi connectivity index (χ3v) is 7.30. The quantitative estimate of drug-likeness (QED) is 0.500. The first-order valence-corrected chi connectivity index (χ1v) is 10.4. The highest BCUT2D eigenvalue weighted by Gasteiger charge is 2.44. The molecule has 2 fully saturated rings. The molecule has 0 unspecified atom stereocenters. The van der Waals surface area contributed by atoms with Gasteiger partial charge in [0.2, 0.25) is 15.9 Å². The Bertz CT molecular complexity index is 862. The molecule has 0 aromatic heterocycles. The van der Waals surface area contributed by atoms with Crippen LogP contribution >= 0.6 is 11.8 Å². The summed E-state index contributed by atoms with van der Waals surface area (Å²) in [6, 6.07) is 1.08. The number of benzene rings is 1. The summed E-state index contributed by atoms with van der Waals surface area (Å²) in [6.45, 7) is -0.132. The number of halogens is 3. The van der Waals surface area contributed by atoms with Crippen LogP contribution in [0.5, 0.6) is 0 Å². The van der Waals surface area contributed by atoms with Crippen molar-refractivity contribution in [3.05, 3.63) is 29.8 Å². The van der Waals surface area contributed by atoms with E-state index in [9.17, 15) is 32.0 Å². The van der Waals surface area contributed by atoms with E-state index >= 15 is 0 Å². The van der Waals surface area contributed by atoms with Crippen LogP contribution in [0.4, 0.5) is 8.78 Å². The van der Waals surface area contributed by atoms with Crippen LogP contribution in [0.3, 0.4) is 0 Å². The summed E-state index contributed by atoms with van der Waals surface area (Å²) in [5.41, 5.74) is 0. The fraction of sp³-hybridized carbons (Fsp3) is 0.533. The molecule has 1 amide bonds. The number of hydrogen-bond donors (Lipinski definition) is 2. The van der Waals surface area contributed by atoms with Crippen molar-refractivity contribution in [1.82, 2.24) is 13.6 Å². The van der Waals surface area contributed by atoms with E-state index in [1.807, 2.05) is 0 Å². The van der Waals surface area contributed by atoms with E-state index in [-0.39, 0.29) is 19.6 Å². The number of hydrogen-bond acceptors (Lipinski definition) is 6. The zero-order valence-electron chi connectivity index (χ0n) is 14.7. The van der Waals surface area contributed by atoms with Gasteiger partial charge in [-0.05, 0) is 36.8 Å². The Balaban J connectivity index is 1.83. The van der Waals surface area contributed by atoms with Crippen LogP contribution in [0.15, 0.2) is 23.1 Å². The molecule has 28 heavy (non-hydrogen) atoms. The number of likely N-dealkylation sites (tertiary alicyclic amines) is 1. The first-order valence-electron chi connectivity index (χ1n) is 8.67. The molecule has 2 heterocycles. The van der Waals surface area contributed by atoms with Crippen LogP contribution in [-0.4, -0.2) is 83.3 Å². The molecule has 2 N–H and O–H groups in total. The third kappa shape index (κ3) is 4.02. The molecule has 13 heteroatoms. The van der Waals surface area contributed by atoms with Gasteiger partial charge in [-0.2, -0.15) is 4.31 Å². The molecular formula is C15H19BClF2N3O5S. The molecule has 0 saturated carbocycles. The maximum Gasteiger partial charge on any atom is 0.475 e. The van der Waals surface area contributed by atoms with Crippen LogP contribution in [0.1, 0.15) is 12.8 Å². The van der Waals surface area contributed by atoms with E-state index in [0.29, 0.717) is 25.5 Å². The second kappa shape index (κ2) is 8.21. The Morgan fingerprint density at radius 3 is 2.57 bits per heavy atom. The SMILES string of the molecule is O=C([C@@H]1CN(S(=O)(=O)c2ccc(F)cc2F)CCN1Cl)N1CCC[C@H]1B(O)O. The van der Waals surface area contributed by atoms with Gasteiger partial charge in [0.1, 0.15) is 22.6 Å². The van der Waals surface area contributed by atoms with E-state index in [0.717, 1.165) is 20.9 Å². The van der Waals surface area contributed by atoms with Crippen molar-refractivity contribution in [2.75, 3.05) is 26.2 Å². The van der Waals surface area contributed by atoms with Gasteiger partial charge in [0.05, 0.1) is 5.94 Å². The predicted octanol–water partition coefficient (Wildman–Crippen LogP) is -0.204. The second-order valence-electron chi connectivity index (χ2n) is 6.73. The average Bonchev–Trinajstić information content (AvgIpc) is 3.11. The van der Waals surface area contributed by atoms with Gasteiger partial charge in [-0.25, -0.2) is 21.6 Å². The van der Waals surface area contributed by atoms with Crippen molar-refractivity contribution in [2.45, 2.75) is 29.7 Å². The molecule has 1 aromatic rings. The number of carbonyl (C=O) groups excluding carboxylic acids is 1. The number of amides is 1. The minimum atomic E-state index is -4.32. The molecule has 0 radical (unpaired) electrons. The zero-order chi connectivity index (χ0) is 20.6. The van der Waals surface area contributed by atoms with E-state index in [1.54, 1.807) is 0 Å². The fourth-order valence-corrected chi connectivity index (χ4v) is 5.25. The number of piperazine rings is 1. The Morgan fingerprint density at radius 1 is 1.21 bits per heavy atom. The van der Waals surface area contributed by atoms with Gasteiger partial charge in [-0.1, -0.05) is 0 Å². The van der Waals surface area contributed by atoms with Crippen molar-refractivity contribution in [2.24, 2.45) is 0 Å². The molecule has 2 aliphatic rings. The number of sulfonamides is 1. The van der Waals surface area contributed by atoms with Crippen LogP contribution < -0.4 is 0 Å². The van der Waals surface area contributed by atoms with E-state index in [1.165, 1.54) is 4.90 Å². The molecule has 0 spiro atoms. The Kier molecular flexibility index (Phi) is 6.27. The maximum atomic E-state index is 14.0. The van der Waals surface area contributed by atoms with Gasteiger partial charge in [0, 0.05) is 32.2 Å². The summed E-state index contributed by atoms with van der Waals surface area (Å²) in [5, 5.41) is 18.9. The lowest BCUT2D eigenvalue weighted by atomic mass is 9.77. The lowest BCUT2D eigenvalue weighted by Gasteiger charge is -2.38. The Morgan fingerprint density at radius 2 is 1.93 bits per heavy atom. The summed E-state index contributed by atoms with van der Waals surface area (Å²) in [4.78, 5) is 13.5. The molecular weight excluding hydrogens is 419 g/mol. The van der Waals surface area contributed by atoms with Crippen molar-refractivity contribution in [3.8, 4) is 0 Å². The first kappa shape index (κ1) is 21.4. The summed E-state index contributed by atoms with van der Waals surface area (Å²) in [5.74, 6) is -3.46. The van der Waals surface area contributed by atoms with Crippen molar-refractivity contribution in [3.63, 3.8) is 0 Å². The lowest BCUT2D eigenvalue weighted by Crippen LogP contribution is -2.59. The van der Waals surface area contributed by atoms with Gasteiger partial charge in [-0.15, -0.1) is 0 Å². The number of carbonyl (C=O) groups is 1. The van der Waals surface area contributed by atoms with E-state index in [2.05, 4.69) is 0 Å². The third-order valence-electron chi connectivity index (χ3n) is 5.00. The highest BCUT2D eigenvalue weighted by molar-refractivity contribution is 7.89. The van der Waals surface area contributed by atoms with E-state index in [4.69, 9.17) is 11.8 Å². The Hall–Kier alpha value is -1.31. The predicted molar refractivity (Wildman–Crippen MR) is 96.4 cm³/mol. The van der Waals surface area contributed by atoms with Crippen LogP contribution in [0, 0.1) is 11.6 Å². The molecule has 1 aromatic carbocycles. The normalized spacial score (nSPS) is 24.5. The summed E-state index contributed by atoms with van der Waals surface area (Å²) in [7, 11) is -6.03. The van der Waals surface area contributed by atoms with Crippen molar-refractivity contribution >= 4 is 34.8 Å². The van der Waals surface area contributed by atoms with Crippen LogP contribution in [0.2, 0.25) is 0 Å². The van der Waals surface area contributed by atoms with Gasteiger partial charge in [0.25, 0.3) is 0 Å². The lowest BCUT2D eigenvalue weighted by molar-refractivity contribution is -0.136. The largest absolute Gasteiger partial charge is 0.475 e. The second-order valence-corrected chi connectivity index (χ2v) is 9.07. The van der Waals surface area contributed by atoms with Gasteiger partial charge < -0.3 is 14.9 Å². The van der Waals surface area contributed by atoms with Gasteiger partial charge in [0.15, 0.2) is 0 Å². The first-order chi connectivity index (χ1) is 13.1. The monoisotopic (exact) mass is 437 g/mol. The Labute approximate surface area is 166 Å². The molecule has 154 valence electrons. The van der Waals surface area contributed by atoms with Crippen LogP contribution in [-0.2, 0) is 14.8 Å². The minimum Gasteiger partial charge on any atom is -0.426 e. The molecule has 8 nitrogen and oxygen atoms in total.